The third-order valence-electron chi connectivity index (χ3n) is 3.33. The van der Waals surface area contributed by atoms with Gasteiger partial charge in [0.1, 0.15) is 0 Å². The molecule has 3 N–H and O–H groups in total. The van der Waals surface area contributed by atoms with Crippen molar-refractivity contribution in [1.29, 1.82) is 0 Å². The molecule has 0 saturated carbocycles. The molecule has 1 amide bonds. The van der Waals surface area contributed by atoms with Crippen molar-refractivity contribution in [3.63, 3.8) is 0 Å². The predicted octanol–water partition coefficient (Wildman–Crippen LogP) is 0.387. The van der Waals surface area contributed by atoms with E-state index in [4.69, 9.17) is 15.2 Å². The Morgan fingerprint density at radius 3 is 3.05 bits per heavy atom. The van der Waals surface area contributed by atoms with Gasteiger partial charge in [0, 0.05) is 30.9 Å². The molecule has 6 heteroatoms. The summed E-state index contributed by atoms with van der Waals surface area (Å²) in [5, 5.41) is 2.86. The van der Waals surface area contributed by atoms with E-state index >= 15 is 0 Å². The first-order valence-corrected chi connectivity index (χ1v) is 6.38. The minimum absolute atomic E-state index is 0.0343. The second-order valence-corrected chi connectivity index (χ2v) is 4.90. The van der Waals surface area contributed by atoms with Crippen molar-refractivity contribution in [2.24, 2.45) is 5.73 Å². The molecule has 1 aromatic rings. The van der Waals surface area contributed by atoms with Gasteiger partial charge >= 0.3 is 0 Å². The van der Waals surface area contributed by atoms with Crippen molar-refractivity contribution < 1.29 is 14.3 Å². The van der Waals surface area contributed by atoms with Crippen molar-refractivity contribution in [1.82, 2.24) is 4.90 Å². The van der Waals surface area contributed by atoms with Gasteiger partial charge in [-0.05, 0) is 18.6 Å². The van der Waals surface area contributed by atoms with Crippen LogP contribution in [0.25, 0.3) is 0 Å². The van der Waals surface area contributed by atoms with Gasteiger partial charge in [-0.1, -0.05) is 0 Å². The van der Waals surface area contributed by atoms with E-state index in [1.54, 1.807) is 18.2 Å². The fourth-order valence-electron chi connectivity index (χ4n) is 2.38. The lowest BCUT2D eigenvalue weighted by atomic mass is 10.2. The Bertz CT molecular complexity index is 492. The Morgan fingerprint density at radius 1 is 1.42 bits per heavy atom. The number of fused-ring (bicyclic) bond motifs is 1. The number of hydrogen-bond acceptors (Lipinski definition) is 5. The van der Waals surface area contributed by atoms with Gasteiger partial charge in [0.2, 0.25) is 12.7 Å². The van der Waals surface area contributed by atoms with Crippen LogP contribution in [0.2, 0.25) is 0 Å². The molecule has 1 fully saturated rings. The van der Waals surface area contributed by atoms with E-state index < -0.39 is 0 Å². The molecule has 102 valence electrons. The number of nitrogens with two attached hydrogens (primary N) is 1. The zero-order valence-corrected chi connectivity index (χ0v) is 10.6. The molecule has 2 aliphatic heterocycles. The van der Waals surface area contributed by atoms with E-state index in [9.17, 15) is 4.79 Å². The van der Waals surface area contributed by atoms with Gasteiger partial charge in [-0.25, -0.2) is 0 Å². The summed E-state index contributed by atoms with van der Waals surface area (Å²) in [7, 11) is 0. The lowest BCUT2D eigenvalue weighted by Gasteiger charge is -2.14. The number of carbonyl (C=O) groups excluding carboxylic acids is 1. The molecule has 0 unspecified atom stereocenters. The fourth-order valence-corrected chi connectivity index (χ4v) is 2.38. The number of nitrogens with zero attached hydrogens (tertiary/aromatic N) is 1. The number of benzene rings is 1. The molecule has 1 aromatic carbocycles. The van der Waals surface area contributed by atoms with Crippen LogP contribution in [0, 0.1) is 0 Å². The maximum absolute atomic E-state index is 11.9. The van der Waals surface area contributed by atoms with Crippen LogP contribution in [0.15, 0.2) is 18.2 Å². The number of nitrogens with one attached hydrogen (secondary N) is 1. The van der Waals surface area contributed by atoms with Crippen molar-refractivity contribution in [3.8, 4) is 11.5 Å². The molecule has 2 aliphatic rings. The maximum Gasteiger partial charge on any atom is 0.238 e. The number of amides is 1. The van der Waals surface area contributed by atoms with E-state index in [0.29, 0.717) is 18.0 Å². The van der Waals surface area contributed by atoms with Crippen LogP contribution in [0.4, 0.5) is 5.69 Å². The summed E-state index contributed by atoms with van der Waals surface area (Å²) in [4.78, 5) is 14.0. The van der Waals surface area contributed by atoms with Gasteiger partial charge in [0.25, 0.3) is 0 Å². The standard InChI is InChI=1S/C13H17N3O3/c14-9-3-4-16(6-9)7-13(17)15-10-1-2-11-12(5-10)19-8-18-11/h1-2,5,9H,3-4,6-8,14H2,(H,15,17)/t9-/m1/s1. The lowest BCUT2D eigenvalue weighted by molar-refractivity contribution is -0.117. The topological polar surface area (TPSA) is 76.8 Å². The van der Waals surface area contributed by atoms with Gasteiger partial charge in [-0.2, -0.15) is 0 Å². The maximum atomic E-state index is 11.9. The fraction of sp³-hybridized carbons (Fsp3) is 0.462. The minimum Gasteiger partial charge on any atom is -0.454 e. The van der Waals surface area contributed by atoms with Crippen LogP contribution in [-0.2, 0) is 4.79 Å². The number of rotatable bonds is 3. The van der Waals surface area contributed by atoms with Crippen molar-refractivity contribution >= 4 is 11.6 Å². The molecule has 0 bridgehead atoms. The number of likely N-dealkylation sites (tertiary alicyclic amines) is 1. The van der Waals surface area contributed by atoms with E-state index in [1.165, 1.54) is 0 Å². The third-order valence-corrected chi connectivity index (χ3v) is 3.33. The van der Waals surface area contributed by atoms with Crippen molar-refractivity contribution in [2.45, 2.75) is 12.5 Å². The Balaban J connectivity index is 1.57. The van der Waals surface area contributed by atoms with Crippen LogP contribution in [0.3, 0.4) is 0 Å². The highest BCUT2D eigenvalue weighted by Gasteiger charge is 2.21. The second kappa shape index (κ2) is 5.07. The smallest absolute Gasteiger partial charge is 0.238 e. The third kappa shape index (κ3) is 2.80. The van der Waals surface area contributed by atoms with Crippen LogP contribution in [0.1, 0.15) is 6.42 Å². The van der Waals surface area contributed by atoms with Gasteiger partial charge in [0.05, 0.1) is 6.54 Å². The molecule has 0 spiro atoms. The summed E-state index contributed by atoms with van der Waals surface area (Å²) < 4.78 is 10.5. The molecule has 1 atom stereocenters. The van der Waals surface area contributed by atoms with Gasteiger partial charge in [-0.15, -0.1) is 0 Å². The minimum atomic E-state index is -0.0343. The van der Waals surface area contributed by atoms with Crippen LogP contribution in [0.5, 0.6) is 11.5 Å². The highest BCUT2D eigenvalue weighted by molar-refractivity contribution is 5.92. The SMILES string of the molecule is N[C@@H]1CCN(CC(=O)Nc2ccc3c(c2)OCO3)C1. The average Bonchev–Trinajstić information content (AvgIpc) is 2.97. The molecule has 0 radical (unpaired) electrons. The quantitative estimate of drug-likeness (QED) is 0.825. The highest BCUT2D eigenvalue weighted by Crippen LogP contribution is 2.34. The normalized spacial score (nSPS) is 21.6. The van der Waals surface area contributed by atoms with E-state index in [2.05, 4.69) is 10.2 Å². The molecule has 6 nitrogen and oxygen atoms in total. The van der Waals surface area contributed by atoms with Gasteiger partial charge in [0.15, 0.2) is 11.5 Å². The molecule has 0 aromatic heterocycles. The van der Waals surface area contributed by atoms with Crippen LogP contribution < -0.4 is 20.5 Å². The molecule has 19 heavy (non-hydrogen) atoms. The second-order valence-electron chi connectivity index (χ2n) is 4.90. The zero-order chi connectivity index (χ0) is 13.2. The monoisotopic (exact) mass is 263 g/mol. The summed E-state index contributed by atoms with van der Waals surface area (Å²) in [6.45, 7) is 2.28. The van der Waals surface area contributed by atoms with Crippen LogP contribution >= 0.6 is 0 Å². The number of anilines is 1. The molecule has 1 saturated heterocycles. The Labute approximate surface area is 111 Å². The Kier molecular flexibility index (Phi) is 3.27. The largest absolute Gasteiger partial charge is 0.454 e. The first-order chi connectivity index (χ1) is 9.20. The van der Waals surface area contributed by atoms with Crippen LogP contribution in [-0.4, -0.2) is 43.3 Å². The zero-order valence-electron chi connectivity index (χ0n) is 10.6. The van der Waals surface area contributed by atoms with E-state index in [-0.39, 0.29) is 18.7 Å². The summed E-state index contributed by atoms with van der Waals surface area (Å²) >= 11 is 0. The summed E-state index contributed by atoms with van der Waals surface area (Å²) in [5.74, 6) is 1.34. The van der Waals surface area contributed by atoms with Crippen molar-refractivity contribution in [2.75, 3.05) is 31.7 Å². The number of ether oxygens (including phenoxy) is 2. The summed E-state index contributed by atoms with van der Waals surface area (Å²) in [5.41, 5.74) is 6.53. The van der Waals surface area contributed by atoms with Crippen molar-refractivity contribution in [3.05, 3.63) is 18.2 Å². The highest BCUT2D eigenvalue weighted by atomic mass is 16.7. The molecule has 0 aliphatic carbocycles. The number of carbonyl (C=O) groups is 1. The van der Waals surface area contributed by atoms with E-state index in [0.717, 1.165) is 25.2 Å². The Morgan fingerprint density at radius 2 is 2.26 bits per heavy atom. The summed E-state index contributed by atoms with van der Waals surface area (Å²) in [6, 6.07) is 5.57. The first kappa shape index (κ1) is 12.3. The average molecular weight is 263 g/mol. The lowest BCUT2D eigenvalue weighted by Crippen LogP contribution is -2.33. The molecular formula is C13H17N3O3. The van der Waals surface area contributed by atoms with Gasteiger partial charge < -0.3 is 20.5 Å². The molecule has 2 heterocycles. The molecular weight excluding hydrogens is 246 g/mol. The predicted molar refractivity (Wildman–Crippen MR) is 70.2 cm³/mol. The van der Waals surface area contributed by atoms with Gasteiger partial charge in [-0.3, -0.25) is 9.69 Å². The summed E-state index contributed by atoms with van der Waals surface area (Å²) in [6.07, 6.45) is 0.956. The molecule has 3 rings (SSSR count). The number of hydrogen-bond donors (Lipinski definition) is 2. The first-order valence-electron chi connectivity index (χ1n) is 6.38. The Hall–Kier alpha value is -1.79. The van der Waals surface area contributed by atoms with E-state index in [1.807, 2.05) is 0 Å².